The molecule has 23 heavy (non-hydrogen) atoms. The van der Waals surface area contributed by atoms with E-state index in [-0.39, 0.29) is 18.5 Å². The van der Waals surface area contributed by atoms with E-state index in [9.17, 15) is 4.79 Å². The Kier molecular flexibility index (Phi) is 4.18. The van der Waals surface area contributed by atoms with Crippen LogP contribution >= 0.6 is 0 Å². The van der Waals surface area contributed by atoms with E-state index in [0.29, 0.717) is 11.5 Å². The van der Waals surface area contributed by atoms with Gasteiger partial charge < -0.3 is 5.32 Å². The Labute approximate surface area is 134 Å². The molecule has 118 valence electrons. The van der Waals surface area contributed by atoms with E-state index in [1.165, 1.54) is 0 Å². The first-order valence-electron chi connectivity index (χ1n) is 7.43. The number of nitrogens with one attached hydrogen (secondary N) is 1. The minimum absolute atomic E-state index is 0.222. The molecule has 0 fully saturated rings. The van der Waals surface area contributed by atoms with Crippen molar-refractivity contribution in [2.75, 3.05) is 0 Å². The van der Waals surface area contributed by atoms with Gasteiger partial charge in [0.1, 0.15) is 12.0 Å². The van der Waals surface area contributed by atoms with Gasteiger partial charge in [0.25, 0.3) is 5.91 Å². The number of para-hydroxylation sites is 1. The molecule has 1 aromatic carbocycles. The van der Waals surface area contributed by atoms with Crippen LogP contribution in [0.15, 0.2) is 48.9 Å². The lowest BCUT2D eigenvalue weighted by Gasteiger charge is -2.04. The number of hydrogen-bond donors (Lipinski definition) is 1. The Balaban J connectivity index is 1.62. The number of rotatable bonds is 5. The third-order valence-electron chi connectivity index (χ3n) is 3.34. The molecule has 7 heteroatoms. The van der Waals surface area contributed by atoms with Crippen LogP contribution in [0.2, 0.25) is 0 Å². The highest BCUT2D eigenvalue weighted by Gasteiger charge is 2.11. The number of carbonyl (C=O) groups is 1. The van der Waals surface area contributed by atoms with Gasteiger partial charge in [0.2, 0.25) is 0 Å². The van der Waals surface area contributed by atoms with E-state index in [2.05, 4.69) is 20.5 Å². The maximum Gasteiger partial charge on any atom is 0.272 e. The normalized spacial score (nSPS) is 10.9. The summed E-state index contributed by atoms with van der Waals surface area (Å²) in [6, 6.07) is 11.6. The Bertz CT molecular complexity index is 790. The Morgan fingerprint density at radius 2 is 1.96 bits per heavy atom. The summed E-state index contributed by atoms with van der Waals surface area (Å²) in [6.45, 7) is 4.27. The average Bonchev–Trinajstić information content (AvgIpc) is 3.23. The lowest BCUT2D eigenvalue weighted by Crippen LogP contribution is -2.24. The van der Waals surface area contributed by atoms with Gasteiger partial charge in [0.15, 0.2) is 5.82 Å². The van der Waals surface area contributed by atoms with Gasteiger partial charge in [-0.2, -0.15) is 5.10 Å². The SMILES string of the molecule is CC(C)n1ccc(C(=O)NCc2ncn(-c3ccccc3)n2)n1. The van der Waals surface area contributed by atoms with Gasteiger partial charge >= 0.3 is 0 Å². The van der Waals surface area contributed by atoms with Crippen molar-refractivity contribution >= 4 is 5.91 Å². The molecule has 0 atom stereocenters. The third-order valence-corrected chi connectivity index (χ3v) is 3.34. The molecule has 2 heterocycles. The molecule has 0 spiro atoms. The molecule has 1 amide bonds. The van der Waals surface area contributed by atoms with E-state index in [1.807, 2.05) is 44.2 Å². The number of nitrogens with zero attached hydrogens (tertiary/aromatic N) is 5. The summed E-state index contributed by atoms with van der Waals surface area (Å²) in [6.07, 6.45) is 3.42. The van der Waals surface area contributed by atoms with Crippen molar-refractivity contribution in [2.45, 2.75) is 26.4 Å². The summed E-state index contributed by atoms with van der Waals surface area (Å²) in [4.78, 5) is 16.3. The van der Waals surface area contributed by atoms with E-state index < -0.39 is 0 Å². The monoisotopic (exact) mass is 310 g/mol. The first kappa shape index (κ1) is 15.0. The average molecular weight is 310 g/mol. The molecule has 0 aliphatic heterocycles. The molecule has 3 rings (SSSR count). The maximum absolute atomic E-state index is 12.1. The van der Waals surface area contributed by atoms with Gasteiger partial charge in [0, 0.05) is 12.2 Å². The number of benzene rings is 1. The van der Waals surface area contributed by atoms with Crippen LogP contribution in [0, 0.1) is 0 Å². The largest absolute Gasteiger partial charge is 0.343 e. The quantitative estimate of drug-likeness (QED) is 0.781. The molecule has 0 radical (unpaired) electrons. The molecule has 0 aliphatic carbocycles. The molecular weight excluding hydrogens is 292 g/mol. The lowest BCUT2D eigenvalue weighted by atomic mass is 10.3. The number of hydrogen-bond acceptors (Lipinski definition) is 4. The van der Waals surface area contributed by atoms with Crippen LogP contribution in [-0.4, -0.2) is 30.5 Å². The summed E-state index contributed by atoms with van der Waals surface area (Å²) in [5.41, 5.74) is 1.31. The molecular formula is C16H18N6O. The predicted molar refractivity (Wildman–Crippen MR) is 85.1 cm³/mol. The molecule has 0 unspecified atom stereocenters. The summed E-state index contributed by atoms with van der Waals surface area (Å²) in [5, 5.41) is 11.4. The second kappa shape index (κ2) is 6.43. The predicted octanol–water partition coefficient (Wildman–Crippen LogP) is 1.97. The van der Waals surface area contributed by atoms with Crippen LogP contribution in [0.4, 0.5) is 0 Å². The highest BCUT2D eigenvalue weighted by atomic mass is 16.1. The Hall–Kier alpha value is -2.96. The maximum atomic E-state index is 12.1. The van der Waals surface area contributed by atoms with Crippen molar-refractivity contribution in [3.8, 4) is 5.69 Å². The molecule has 0 saturated carbocycles. The zero-order valence-corrected chi connectivity index (χ0v) is 13.0. The first-order valence-corrected chi connectivity index (χ1v) is 7.43. The van der Waals surface area contributed by atoms with Gasteiger partial charge in [-0.15, -0.1) is 5.10 Å². The Morgan fingerprint density at radius 3 is 2.65 bits per heavy atom. The molecule has 0 aliphatic rings. The highest BCUT2D eigenvalue weighted by molar-refractivity contribution is 5.92. The summed E-state index contributed by atoms with van der Waals surface area (Å²) in [5.74, 6) is 0.311. The van der Waals surface area contributed by atoms with Crippen molar-refractivity contribution in [1.82, 2.24) is 29.9 Å². The van der Waals surface area contributed by atoms with Crippen molar-refractivity contribution in [2.24, 2.45) is 0 Å². The standard InChI is InChI=1S/C16H18N6O/c1-12(2)21-9-8-14(19-21)16(23)17-10-15-18-11-22(20-15)13-6-4-3-5-7-13/h3-9,11-12H,10H2,1-2H3,(H,17,23). The van der Waals surface area contributed by atoms with Crippen LogP contribution in [0.1, 0.15) is 36.2 Å². The fourth-order valence-electron chi connectivity index (χ4n) is 2.08. The van der Waals surface area contributed by atoms with Crippen LogP contribution in [-0.2, 0) is 6.54 Å². The minimum Gasteiger partial charge on any atom is -0.343 e. The first-order chi connectivity index (χ1) is 11.1. The molecule has 1 N–H and O–H groups in total. The molecule has 0 bridgehead atoms. The van der Waals surface area contributed by atoms with E-state index >= 15 is 0 Å². The fraction of sp³-hybridized carbons (Fsp3) is 0.250. The minimum atomic E-state index is -0.236. The van der Waals surface area contributed by atoms with Gasteiger partial charge in [-0.05, 0) is 32.0 Å². The smallest absolute Gasteiger partial charge is 0.272 e. The summed E-state index contributed by atoms with van der Waals surface area (Å²) >= 11 is 0. The van der Waals surface area contributed by atoms with Gasteiger partial charge in [-0.25, -0.2) is 9.67 Å². The van der Waals surface area contributed by atoms with Crippen LogP contribution in [0.5, 0.6) is 0 Å². The second-order valence-corrected chi connectivity index (χ2v) is 5.40. The second-order valence-electron chi connectivity index (χ2n) is 5.40. The summed E-state index contributed by atoms with van der Waals surface area (Å²) < 4.78 is 3.42. The van der Waals surface area contributed by atoms with Crippen LogP contribution in [0.3, 0.4) is 0 Å². The van der Waals surface area contributed by atoms with Crippen LogP contribution < -0.4 is 5.32 Å². The number of amides is 1. The van der Waals surface area contributed by atoms with Crippen molar-refractivity contribution in [1.29, 1.82) is 0 Å². The summed E-state index contributed by atoms with van der Waals surface area (Å²) in [7, 11) is 0. The van der Waals surface area contributed by atoms with Gasteiger partial charge in [-0.3, -0.25) is 9.48 Å². The van der Waals surface area contributed by atoms with Crippen molar-refractivity contribution < 1.29 is 4.79 Å². The van der Waals surface area contributed by atoms with Gasteiger partial charge in [0.05, 0.1) is 12.2 Å². The van der Waals surface area contributed by atoms with Crippen molar-refractivity contribution in [3.05, 3.63) is 60.4 Å². The number of carbonyl (C=O) groups excluding carboxylic acids is 1. The van der Waals surface area contributed by atoms with Crippen LogP contribution in [0.25, 0.3) is 5.69 Å². The van der Waals surface area contributed by atoms with E-state index in [0.717, 1.165) is 5.69 Å². The zero-order chi connectivity index (χ0) is 16.2. The fourth-order valence-corrected chi connectivity index (χ4v) is 2.08. The molecule has 2 aromatic heterocycles. The third kappa shape index (κ3) is 3.45. The van der Waals surface area contributed by atoms with Crippen molar-refractivity contribution in [3.63, 3.8) is 0 Å². The van der Waals surface area contributed by atoms with E-state index in [4.69, 9.17) is 0 Å². The molecule has 0 saturated heterocycles. The molecule has 3 aromatic rings. The highest BCUT2D eigenvalue weighted by Crippen LogP contribution is 2.06. The lowest BCUT2D eigenvalue weighted by molar-refractivity contribution is 0.0944. The zero-order valence-electron chi connectivity index (χ0n) is 13.0. The topological polar surface area (TPSA) is 77.6 Å². The molecule has 7 nitrogen and oxygen atoms in total. The van der Waals surface area contributed by atoms with Gasteiger partial charge in [-0.1, -0.05) is 18.2 Å². The Morgan fingerprint density at radius 1 is 1.17 bits per heavy atom. The number of aromatic nitrogens is 5. The van der Waals surface area contributed by atoms with E-state index in [1.54, 1.807) is 28.0 Å².